The molecule has 1 aliphatic heterocycles. The molecule has 0 aromatic rings. The van der Waals surface area contributed by atoms with Crippen molar-refractivity contribution in [1.29, 1.82) is 0 Å². The van der Waals surface area contributed by atoms with Gasteiger partial charge in [0.25, 0.3) is 0 Å². The molecule has 0 amide bonds. The van der Waals surface area contributed by atoms with Crippen LogP contribution in [-0.2, 0) is 0 Å². The van der Waals surface area contributed by atoms with Gasteiger partial charge in [0.2, 0.25) is 0 Å². The number of piperazine rings is 1. The molecule has 0 radical (unpaired) electrons. The average Bonchev–Trinajstić information content (AvgIpc) is 2.31. The van der Waals surface area contributed by atoms with Crippen LogP contribution in [0.1, 0.15) is 40.5 Å². The second kappa shape index (κ2) is 7.34. The van der Waals surface area contributed by atoms with Gasteiger partial charge in [-0.2, -0.15) is 0 Å². The molecule has 1 aliphatic rings. The fourth-order valence-electron chi connectivity index (χ4n) is 2.70. The Balaban J connectivity index is 2.24. The molecule has 3 nitrogen and oxygen atoms in total. The van der Waals surface area contributed by atoms with Gasteiger partial charge in [0.1, 0.15) is 0 Å². The Morgan fingerprint density at radius 1 is 1.12 bits per heavy atom. The largest absolute Gasteiger partial charge is 0.313 e. The van der Waals surface area contributed by atoms with Crippen molar-refractivity contribution in [2.45, 2.75) is 58.7 Å². The first-order valence-corrected chi connectivity index (χ1v) is 7.26. The first kappa shape index (κ1) is 14.9. The molecule has 0 spiro atoms. The Kier molecular flexibility index (Phi) is 6.45. The van der Waals surface area contributed by atoms with Crippen molar-refractivity contribution in [3.63, 3.8) is 0 Å². The molecule has 102 valence electrons. The van der Waals surface area contributed by atoms with Gasteiger partial charge in [-0.15, -0.1) is 0 Å². The summed E-state index contributed by atoms with van der Waals surface area (Å²) in [7, 11) is 2.25. The second-order valence-electron chi connectivity index (χ2n) is 5.59. The van der Waals surface area contributed by atoms with Crippen molar-refractivity contribution >= 4 is 0 Å². The van der Waals surface area contributed by atoms with Gasteiger partial charge < -0.3 is 5.32 Å². The summed E-state index contributed by atoms with van der Waals surface area (Å²) in [6, 6.07) is 2.08. The Morgan fingerprint density at radius 3 is 2.12 bits per heavy atom. The highest BCUT2D eigenvalue weighted by Crippen LogP contribution is 2.12. The van der Waals surface area contributed by atoms with Crippen LogP contribution in [0.2, 0.25) is 0 Å². The molecule has 2 unspecified atom stereocenters. The maximum absolute atomic E-state index is 3.65. The summed E-state index contributed by atoms with van der Waals surface area (Å²) in [5.41, 5.74) is 0. The summed E-state index contributed by atoms with van der Waals surface area (Å²) in [5.74, 6) is 0. The van der Waals surface area contributed by atoms with Crippen LogP contribution in [-0.4, -0.2) is 61.2 Å². The topological polar surface area (TPSA) is 18.5 Å². The van der Waals surface area contributed by atoms with E-state index >= 15 is 0 Å². The maximum atomic E-state index is 3.65. The summed E-state index contributed by atoms with van der Waals surface area (Å²) in [5, 5.41) is 3.65. The zero-order chi connectivity index (χ0) is 12.8. The van der Waals surface area contributed by atoms with Crippen molar-refractivity contribution in [2.75, 3.05) is 33.2 Å². The second-order valence-corrected chi connectivity index (χ2v) is 5.59. The molecular formula is C14H31N3. The smallest absolute Gasteiger partial charge is 0.0195 e. The predicted octanol–water partition coefficient (Wildman–Crippen LogP) is 1.79. The van der Waals surface area contributed by atoms with E-state index in [1.165, 1.54) is 32.5 Å². The highest BCUT2D eigenvalue weighted by Gasteiger charge is 2.25. The highest BCUT2D eigenvalue weighted by atomic mass is 15.3. The molecule has 0 aliphatic carbocycles. The molecule has 0 saturated carbocycles. The summed E-state index contributed by atoms with van der Waals surface area (Å²) in [4.78, 5) is 5.09. The highest BCUT2D eigenvalue weighted by molar-refractivity contribution is 4.82. The van der Waals surface area contributed by atoms with E-state index in [2.05, 4.69) is 49.9 Å². The minimum atomic E-state index is 0.687. The van der Waals surface area contributed by atoms with E-state index in [0.717, 1.165) is 6.54 Å². The lowest BCUT2D eigenvalue weighted by atomic mass is 10.1. The molecule has 2 atom stereocenters. The summed E-state index contributed by atoms with van der Waals surface area (Å²) >= 11 is 0. The molecule has 1 saturated heterocycles. The lowest BCUT2D eigenvalue weighted by molar-refractivity contribution is 0.0603. The minimum Gasteiger partial charge on any atom is -0.313 e. The van der Waals surface area contributed by atoms with E-state index < -0.39 is 0 Å². The average molecular weight is 241 g/mol. The minimum absolute atomic E-state index is 0.687. The van der Waals surface area contributed by atoms with Crippen LogP contribution < -0.4 is 5.32 Å². The Bertz CT molecular complexity index is 192. The molecular weight excluding hydrogens is 210 g/mol. The molecule has 3 heteroatoms. The van der Waals surface area contributed by atoms with Crippen molar-refractivity contribution in [3.05, 3.63) is 0 Å². The Labute approximate surface area is 108 Å². The van der Waals surface area contributed by atoms with Gasteiger partial charge >= 0.3 is 0 Å². The quantitative estimate of drug-likeness (QED) is 0.765. The molecule has 0 aromatic heterocycles. The summed E-state index contributed by atoms with van der Waals surface area (Å²) in [6.07, 6.45) is 2.48. The molecule has 0 aromatic carbocycles. The maximum Gasteiger partial charge on any atom is 0.0195 e. The molecule has 1 rings (SSSR count). The van der Waals surface area contributed by atoms with Crippen LogP contribution in [0.25, 0.3) is 0 Å². The normalized spacial score (nSPS) is 27.9. The van der Waals surface area contributed by atoms with Crippen LogP contribution in [0.15, 0.2) is 0 Å². The number of likely N-dealkylation sites (N-methyl/N-ethyl adjacent to an activating group) is 1. The number of hydrogen-bond donors (Lipinski definition) is 1. The van der Waals surface area contributed by atoms with Gasteiger partial charge in [0.05, 0.1) is 0 Å². The van der Waals surface area contributed by atoms with E-state index in [4.69, 9.17) is 0 Å². The van der Waals surface area contributed by atoms with Crippen molar-refractivity contribution < 1.29 is 0 Å². The van der Waals surface area contributed by atoms with Crippen molar-refractivity contribution in [3.8, 4) is 0 Å². The summed E-state index contributed by atoms with van der Waals surface area (Å²) < 4.78 is 0. The predicted molar refractivity (Wildman–Crippen MR) is 75.5 cm³/mol. The zero-order valence-electron chi connectivity index (χ0n) is 12.4. The van der Waals surface area contributed by atoms with E-state index in [-0.39, 0.29) is 0 Å². The van der Waals surface area contributed by atoms with Crippen LogP contribution in [0.4, 0.5) is 0 Å². The van der Waals surface area contributed by atoms with E-state index in [9.17, 15) is 0 Å². The fraction of sp³-hybridized carbons (Fsp3) is 1.00. The molecule has 17 heavy (non-hydrogen) atoms. The van der Waals surface area contributed by atoms with Gasteiger partial charge in [-0.05, 0) is 33.7 Å². The molecule has 1 heterocycles. The molecule has 0 bridgehead atoms. The Hall–Kier alpha value is -0.120. The lowest BCUT2D eigenvalue weighted by Crippen LogP contribution is -2.56. The van der Waals surface area contributed by atoms with Crippen molar-refractivity contribution in [1.82, 2.24) is 15.1 Å². The number of rotatable bonds is 6. The van der Waals surface area contributed by atoms with Crippen LogP contribution in [0.5, 0.6) is 0 Å². The number of hydrogen-bond acceptors (Lipinski definition) is 3. The summed E-state index contributed by atoms with van der Waals surface area (Å²) in [6.45, 7) is 13.9. The van der Waals surface area contributed by atoms with E-state index in [1.807, 2.05) is 0 Å². The zero-order valence-corrected chi connectivity index (χ0v) is 12.4. The van der Waals surface area contributed by atoms with Crippen LogP contribution >= 0.6 is 0 Å². The van der Waals surface area contributed by atoms with Gasteiger partial charge in [0, 0.05) is 44.3 Å². The van der Waals surface area contributed by atoms with Crippen LogP contribution in [0, 0.1) is 0 Å². The first-order valence-electron chi connectivity index (χ1n) is 7.26. The van der Waals surface area contributed by atoms with E-state index in [1.54, 1.807) is 0 Å². The number of nitrogens with zero attached hydrogens (tertiary/aromatic N) is 2. The van der Waals surface area contributed by atoms with Gasteiger partial charge in [0.15, 0.2) is 0 Å². The molecule has 1 N–H and O–H groups in total. The fourth-order valence-corrected chi connectivity index (χ4v) is 2.70. The Morgan fingerprint density at radius 2 is 1.65 bits per heavy atom. The van der Waals surface area contributed by atoms with E-state index in [0.29, 0.717) is 18.1 Å². The number of nitrogens with one attached hydrogen (secondary N) is 1. The van der Waals surface area contributed by atoms with Gasteiger partial charge in [-0.25, -0.2) is 0 Å². The third-order valence-electron chi connectivity index (χ3n) is 4.28. The standard InChI is InChI=1S/C14H31N3/c1-6-14(7-2)15-8-9-17-10-12(3)16(5)13(4)11-17/h12-15H,6-11H2,1-5H3. The van der Waals surface area contributed by atoms with Gasteiger partial charge in [-0.3, -0.25) is 9.80 Å². The van der Waals surface area contributed by atoms with Gasteiger partial charge in [-0.1, -0.05) is 13.8 Å². The lowest BCUT2D eigenvalue weighted by Gasteiger charge is -2.42. The monoisotopic (exact) mass is 241 g/mol. The third kappa shape index (κ3) is 4.57. The van der Waals surface area contributed by atoms with Crippen LogP contribution in [0.3, 0.4) is 0 Å². The molecule has 1 fully saturated rings. The first-order chi connectivity index (χ1) is 8.08. The SMILES string of the molecule is CCC(CC)NCCN1CC(C)N(C)C(C)C1. The third-order valence-corrected chi connectivity index (χ3v) is 4.28. The van der Waals surface area contributed by atoms with Crippen molar-refractivity contribution in [2.24, 2.45) is 0 Å².